The Bertz CT molecular complexity index is 1130. The van der Waals surface area contributed by atoms with Crippen molar-refractivity contribution in [1.82, 2.24) is 24.8 Å². The van der Waals surface area contributed by atoms with Gasteiger partial charge in [-0.25, -0.2) is 0 Å². The Hall–Kier alpha value is -3.51. The van der Waals surface area contributed by atoms with Gasteiger partial charge in [0.05, 0.1) is 30.0 Å². The minimum absolute atomic E-state index is 0.0235. The quantitative estimate of drug-likeness (QED) is 0.492. The molecule has 6 heteroatoms. The van der Waals surface area contributed by atoms with Crippen molar-refractivity contribution in [3.8, 4) is 5.69 Å². The molecule has 0 bridgehead atoms. The minimum atomic E-state index is -0.0558. The number of para-hydroxylation sites is 1. The van der Waals surface area contributed by atoms with Gasteiger partial charge in [-0.3, -0.25) is 9.97 Å². The van der Waals surface area contributed by atoms with E-state index in [4.69, 9.17) is 12.2 Å². The first-order valence-corrected chi connectivity index (χ1v) is 10.3. The highest BCUT2D eigenvalue weighted by atomic mass is 32.1. The lowest BCUT2D eigenvalue weighted by Crippen LogP contribution is -2.30. The summed E-state index contributed by atoms with van der Waals surface area (Å²) >= 11 is 5.78. The molecule has 1 N–H and O–H groups in total. The van der Waals surface area contributed by atoms with E-state index in [-0.39, 0.29) is 12.1 Å². The van der Waals surface area contributed by atoms with Gasteiger partial charge in [-0.05, 0) is 60.7 Å². The highest BCUT2D eigenvalue weighted by Gasteiger charge is 2.41. The fourth-order valence-corrected chi connectivity index (χ4v) is 4.33. The van der Waals surface area contributed by atoms with Crippen LogP contribution < -0.4 is 5.32 Å². The number of hydrogen-bond donors (Lipinski definition) is 1. The zero-order valence-electron chi connectivity index (χ0n) is 16.3. The molecule has 3 aromatic heterocycles. The molecule has 0 aliphatic carbocycles. The van der Waals surface area contributed by atoms with E-state index in [9.17, 15) is 0 Å². The molecule has 2 unspecified atom stereocenters. The number of rotatable bonds is 5. The molecule has 2 atom stereocenters. The lowest BCUT2D eigenvalue weighted by molar-refractivity contribution is 0.299. The van der Waals surface area contributed by atoms with Crippen LogP contribution in [0.3, 0.4) is 0 Å². The fourth-order valence-electron chi connectivity index (χ4n) is 4.02. The molecule has 30 heavy (non-hydrogen) atoms. The van der Waals surface area contributed by atoms with Gasteiger partial charge < -0.3 is 14.8 Å². The van der Waals surface area contributed by atoms with Crippen LogP contribution in [-0.2, 0) is 6.54 Å². The maximum Gasteiger partial charge on any atom is 0.170 e. The van der Waals surface area contributed by atoms with Crippen molar-refractivity contribution in [2.24, 2.45) is 0 Å². The number of benzene rings is 1. The van der Waals surface area contributed by atoms with Gasteiger partial charge in [-0.2, -0.15) is 0 Å². The van der Waals surface area contributed by atoms with Crippen molar-refractivity contribution in [2.75, 3.05) is 0 Å². The molecule has 4 heterocycles. The smallest absolute Gasteiger partial charge is 0.170 e. The van der Waals surface area contributed by atoms with Crippen LogP contribution in [0.1, 0.15) is 29.2 Å². The summed E-state index contributed by atoms with van der Waals surface area (Å²) < 4.78 is 2.22. The van der Waals surface area contributed by atoms with E-state index in [2.05, 4.69) is 67.3 Å². The number of aromatic nitrogens is 3. The molecule has 5 rings (SSSR count). The number of hydrogen-bond acceptors (Lipinski definition) is 3. The molecule has 1 saturated heterocycles. The van der Waals surface area contributed by atoms with Crippen LogP contribution in [0.5, 0.6) is 0 Å². The number of nitrogens with one attached hydrogen (secondary N) is 1. The average molecular weight is 412 g/mol. The van der Waals surface area contributed by atoms with Gasteiger partial charge in [-0.1, -0.05) is 30.3 Å². The van der Waals surface area contributed by atoms with Crippen molar-refractivity contribution in [1.29, 1.82) is 0 Å². The molecular weight excluding hydrogens is 390 g/mol. The summed E-state index contributed by atoms with van der Waals surface area (Å²) in [4.78, 5) is 11.4. The average Bonchev–Trinajstić information content (AvgIpc) is 3.40. The summed E-state index contributed by atoms with van der Waals surface area (Å²) in [6, 6.07) is 26.5. The van der Waals surface area contributed by atoms with E-state index < -0.39 is 0 Å². The van der Waals surface area contributed by atoms with Crippen LogP contribution >= 0.6 is 12.2 Å². The minimum Gasteiger partial charge on any atom is -0.352 e. The summed E-state index contributed by atoms with van der Waals surface area (Å²) in [7, 11) is 0. The lowest BCUT2D eigenvalue weighted by Gasteiger charge is -2.28. The third-order valence-electron chi connectivity index (χ3n) is 5.37. The summed E-state index contributed by atoms with van der Waals surface area (Å²) in [6.45, 7) is 0.626. The van der Waals surface area contributed by atoms with E-state index in [0.717, 1.165) is 22.8 Å². The number of thiocarbonyl (C=S) groups is 1. The molecule has 0 saturated carbocycles. The highest BCUT2D eigenvalue weighted by Crippen LogP contribution is 2.40. The fraction of sp³-hybridized carbons (Fsp3) is 0.125. The second-order valence-corrected chi connectivity index (χ2v) is 7.60. The molecule has 1 aromatic carbocycles. The zero-order valence-corrected chi connectivity index (χ0v) is 17.1. The molecule has 0 radical (unpaired) electrons. The van der Waals surface area contributed by atoms with Gasteiger partial charge >= 0.3 is 0 Å². The van der Waals surface area contributed by atoms with E-state index in [1.165, 1.54) is 0 Å². The highest BCUT2D eigenvalue weighted by molar-refractivity contribution is 7.80. The van der Waals surface area contributed by atoms with Crippen LogP contribution in [0.2, 0.25) is 0 Å². The van der Waals surface area contributed by atoms with Crippen LogP contribution in [-0.4, -0.2) is 24.5 Å². The Morgan fingerprint density at radius 3 is 2.33 bits per heavy atom. The predicted molar refractivity (Wildman–Crippen MR) is 121 cm³/mol. The SMILES string of the molecule is S=C1NC(c2ccccn2)C(c2cccn2-c2ccccc2)N1Cc1ccccn1. The third kappa shape index (κ3) is 3.46. The summed E-state index contributed by atoms with van der Waals surface area (Å²) in [5.41, 5.74) is 4.22. The van der Waals surface area contributed by atoms with Gasteiger partial charge in [0.15, 0.2) is 5.11 Å². The summed E-state index contributed by atoms with van der Waals surface area (Å²) in [5.74, 6) is 0. The Morgan fingerprint density at radius 2 is 1.60 bits per heavy atom. The Morgan fingerprint density at radius 1 is 0.833 bits per heavy atom. The number of nitrogens with zero attached hydrogens (tertiary/aromatic N) is 4. The van der Waals surface area contributed by atoms with Gasteiger partial charge in [-0.15, -0.1) is 0 Å². The molecule has 0 spiro atoms. The Balaban J connectivity index is 1.60. The largest absolute Gasteiger partial charge is 0.352 e. The third-order valence-corrected chi connectivity index (χ3v) is 5.73. The van der Waals surface area contributed by atoms with E-state index in [0.29, 0.717) is 11.7 Å². The topological polar surface area (TPSA) is 46.0 Å². The first kappa shape index (κ1) is 18.5. The van der Waals surface area contributed by atoms with Gasteiger partial charge in [0, 0.05) is 30.0 Å². The Labute approximate surface area is 181 Å². The van der Waals surface area contributed by atoms with Crippen LogP contribution in [0.25, 0.3) is 5.69 Å². The molecule has 1 fully saturated rings. The first-order chi connectivity index (χ1) is 14.8. The summed E-state index contributed by atoms with van der Waals surface area (Å²) in [5, 5.41) is 4.22. The van der Waals surface area contributed by atoms with Gasteiger partial charge in [0.25, 0.3) is 0 Å². The molecule has 1 aliphatic rings. The van der Waals surface area contributed by atoms with Crippen molar-refractivity contribution < 1.29 is 0 Å². The molecule has 5 nitrogen and oxygen atoms in total. The van der Waals surface area contributed by atoms with Gasteiger partial charge in [0.1, 0.15) is 0 Å². The van der Waals surface area contributed by atoms with Crippen LogP contribution in [0.4, 0.5) is 0 Å². The van der Waals surface area contributed by atoms with E-state index >= 15 is 0 Å². The molecule has 148 valence electrons. The van der Waals surface area contributed by atoms with E-state index in [1.54, 1.807) is 0 Å². The van der Waals surface area contributed by atoms with Crippen molar-refractivity contribution in [2.45, 2.75) is 18.6 Å². The second-order valence-electron chi connectivity index (χ2n) is 7.21. The zero-order chi connectivity index (χ0) is 20.3. The molecular formula is C24H21N5S. The van der Waals surface area contributed by atoms with Crippen LogP contribution in [0, 0.1) is 0 Å². The van der Waals surface area contributed by atoms with Crippen molar-refractivity contribution in [3.63, 3.8) is 0 Å². The molecule has 0 amide bonds. The van der Waals surface area contributed by atoms with E-state index in [1.807, 2.05) is 54.9 Å². The normalized spacial score (nSPS) is 18.4. The van der Waals surface area contributed by atoms with Crippen molar-refractivity contribution >= 4 is 17.3 Å². The molecule has 1 aliphatic heterocycles. The monoisotopic (exact) mass is 411 g/mol. The maximum absolute atomic E-state index is 5.78. The molecule has 4 aromatic rings. The second kappa shape index (κ2) is 8.08. The van der Waals surface area contributed by atoms with Crippen LogP contribution in [0.15, 0.2) is 97.5 Å². The number of pyridine rings is 2. The summed E-state index contributed by atoms with van der Waals surface area (Å²) in [6.07, 6.45) is 5.75. The maximum atomic E-state index is 5.78. The predicted octanol–water partition coefficient (Wildman–Crippen LogP) is 4.44. The standard InChI is InChI=1S/C24H21N5S/c30-24-27-22(20-12-5-7-15-26-20)23(29(24)17-18-9-4-6-14-25-18)21-13-8-16-28(21)19-10-2-1-3-11-19/h1-16,22-23H,17H2,(H,27,30). The lowest BCUT2D eigenvalue weighted by atomic mass is 10.0. The van der Waals surface area contributed by atoms with Gasteiger partial charge in [0.2, 0.25) is 0 Å². The first-order valence-electron chi connectivity index (χ1n) is 9.92. The van der Waals surface area contributed by atoms with Crippen molar-refractivity contribution in [3.05, 3.63) is 115 Å². The Kier molecular flexibility index (Phi) is 4.99.